The molecule has 0 N–H and O–H groups in total. The number of carbonyl (C=O) groups is 1. The fourth-order valence-corrected chi connectivity index (χ4v) is 1.63. The summed E-state index contributed by atoms with van der Waals surface area (Å²) < 4.78 is 87.0. The Bertz CT molecular complexity index is 409. The number of hydrogen-bond donors (Lipinski definition) is 0. The molecule has 19 heavy (non-hydrogen) atoms. The normalized spacial score (nSPS) is 21.5. The fourth-order valence-electron chi connectivity index (χ4n) is 1.63. The molecule has 0 aromatic heterocycles. The largest absolute Gasteiger partial charge is 0.871 e. The molecule has 0 bridgehead atoms. The fraction of sp³-hybridized carbons (Fsp3) is 0.700. The van der Waals surface area contributed by atoms with E-state index in [2.05, 4.69) is 0 Å². The maximum Gasteiger partial charge on any atom is 0.460 e. The highest BCUT2D eigenvalue weighted by atomic mass is 19.4. The third kappa shape index (κ3) is 2.55. The lowest BCUT2D eigenvalue weighted by Gasteiger charge is -2.35. The highest BCUT2D eigenvalue weighted by Gasteiger charge is 2.72. The first-order chi connectivity index (χ1) is 8.43. The van der Waals surface area contributed by atoms with Gasteiger partial charge in [0.1, 0.15) is 0 Å². The van der Waals surface area contributed by atoms with Crippen molar-refractivity contribution in [1.29, 1.82) is 0 Å². The predicted molar refractivity (Wildman–Crippen MR) is 46.5 cm³/mol. The minimum Gasteiger partial charge on any atom is -0.871 e. The molecular weight excluding hydrogens is 285 g/mol. The second-order valence-corrected chi connectivity index (χ2v) is 4.08. The summed E-state index contributed by atoms with van der Waals surface area (Å²) in [7, 11) is 0. The number of halogens is 7. The van der Waals surface area contributed by atoms with Gasteiger partial charge in [0.15, 0.2) is 5.78 Å². The van der Waals surface area contributed by atoms with Crippen molar-refractivity contribution in [2.24, 2.45) is 0 Å². The standard InChI is InChI=1S/C10H9F7O2/c11-8(12,9(13,14)10(15,16)17)7(19)5-3-1-2-4-6(5)18/h19H,1-4H2/p-1. The van der Waals surface area contributed by atoms with Crippen LogP contribution in [0.15, 0.2) is 11.3 Å². The van der Waals surface area contributed by atoms with E-state index in [0.717, 1.165) is 0 Å². The Balaban J connectivity index is 3.26. The van der Waals surface area contributed by atoms with Gasteiger partial charge in [-0.15, -0.1) is 0 Å². The number of rotatable bonds is 2. The summed E-state index contributed by atoms with van der Waals surface area (Å²) in [6, 6.07) is 0. The van der Waals surface area contributed by atoms with Crippen LogP contribution in [0.4, 0.5) is 30.7 Å². The number of Topliss-reactive ketones (excluding diaryl/α,β-unsaturated/α-hetero) is 1. The van der Waals surface area contributed by atoms with Crippen LogP contribution in [-0.4, -0.2) is 23.8 Å². The van der Waals surface area contributed by atoms with Gasteiger partial charge in [0.05, 0.1) is 0 Å². The summed E-state index contributed by atoms with van der Waals surface area (Å²) in [5.41, 5.74) is -1.17. The molecule has 0 heterocycles. The van der Waals surface area contributed by atoms with Gasteiger partial charge >= 0.3 is 18.0 Å². The molecule has 1 fully saturated rings. The maximum atomic E-state index is 13.1. The van der Waals surface area contributed by atoms with Crippen LogP contribution in [-0.2, 0) is 4.79 Å². The summed E-state index contributed by atoms with van der Waals surface area (Å²) in [6.07, 6.45) is -7.02. The monoisotopic (exact) mass is 293 g/mol. The lowest BCUT2D eigenvalue weighted by Crippen LogP contribution is -2.55. The molecule has 1 saturated carbocycles. The van der Waals surface area contributed by atoms with Gasteiger partial charge < -0.3 is 5.11 Å². The summed E-state index contributed by atoms with van der Waals surface area (Å²) >= 11 is 0. The summed E-state index contributed by atoms with van der Waals surface area (Å²) in [5, 5.41) is 11.1. The van der Waals surface area contributed by atoms with E-state index in [0.29, 0.717) is 0 Å². The van der Waals surface area contributed by atoms with Gasteiger partial charge in [-0.25, -0.2) is 0 Å². The Hall–Kier alpha value is -1.28. The van der Waals surface area contributed by atoms with Crippen molar-refractivity contribution in [3.05, 3.63) is 11.3 Å². The summed E-state index contributed by atoms with van der Waals surface area (Å²) in [6.45, 7) is 0. The van der Waals surface area contributed by atoms with Crippen LogP contribution < -0.4 is 5.11 Å². The minimum atomic E-state index is -6.58. The van der Waals surface area contributed by atoms with Crippen LogP contribution in [0.1, 0.15) is 25.7 Å². The lowest BCUT2D eigenvalue weighted by atomic mass is 9.90. The summed E-state index contributed by atoms with van der Waals surface area (Å²) in [5.74, 6) is -16.3. The van der Waals surface area contributed by atoms with Gasteiger partial charge in [-0.1, -0.05) is 0 Å². The Morgan fingerprint density at radius 1 is 0.947 bits per heavy atom. The maximum absolute atomic E-state index is 13.1. The molecule has 0 atom stereocenters. The Morgan fingerprint density at radius 2 is 1.42 bits per heavy atom. The zero-order valence-corrected chi connectivity index (χ0v) is 9.29. The second-order valence-electron chi connectivity index (χ2n) is 4.08. The Kier molecular flexibility index (Phi) is 3.88. The third-order valence-electron chi connectivity index (χ3n) is 2.73. The SMILES string of the molecule is O=C1CCCCC1=C([O-])C(F)(F)C(F)(F)C(F)(F)F. The number of ketones is 1. The van der Waals surface area contributed by atoms with E-state index in [1.165, 1.54) is 0 Å². The Labute approximate surface area is 102 Å². The molecular formula is C10H8F7O2-. The molecule has 0 saturated heterocycles. The van der Waals surface area contributed by atoms with Crippen molar-refractivity contribution in [2.45, 2.75) is 43.7 Å². The molecule has 0 amide bonds. The topological polar surface area (TPSA) is 40.1 Å². The van der Waals surface area contributed by atoms with Crippen molar-refractivity contribution in [3.63, 3.8) is 0 Å². The van der Waals surface area contributed by atoms with Gasteiger partial charge in [-0.3, -0.25) is 4.79 Å². The highest BCUT2D eigenvalue weighted by Crippen LogP contribution is 2.49. The molecule has 2 nitrogen and oxygen atoms in total. The average Bonchev–Trinajstić information content (AvgIpc) is 2.27. The number of alkyl halides is 7. The first-order valence-corrected chi connectivity index (χ1v) is 5.19. The minimum absolute atomic E-state index is 0.112. The van der Waals surface area contributed by atoms with Crippen molar-refractivity contribution < 1.29 is 40.6 Å². The average molecular weight is 293 g/mol. The van der Waals surface area contributed by atoms with Gasteiger partial charge in [-0.2, -0.15) is 30.7 Å². The van der Waals surface area contributed by atoms with Crippen molar-refractivity contribution >= 4 is 5.78 Å². The van der Waals surface area contributed by atoms with E-state index in [-0.39, 0.29) is 19.3 Å². The van der Waals surface area contributed by atoms with Crippen LogP contribution in [0, 0.1) is 0 Å². The van der Waals surface area contributed by atoms with E-state index < -0.39 is 41.6 Å². The van der Waals surface area contributed by atoms with Gasteiger partial charge in [0.2, 0.25) is 0 Å². The molecule has 0 aromatic rings. The first kappa shape index (κ1) is 15.8. The zero-order chi connectivity index (χ0) is 15.1. The van der Waals surface area contributed by atoms with E-state index in [1.54, 1.807) is 0 Å². The molecule has 9 heteroatoms. The zero-order valence-electron chi connectivity index (χ0n) is 9.29. The summed E-state index contributed by atoms with van der Waals surface area (Å²) in [4.78, 5) is 11.1. The van der Waals surface area contributed by atoms with E-state index in [9.17, 15) is 40.6 Å². The first-order valence-electron chi connectivity index (χ1n) is 5.19. The van der Waals surface area contributed by atoms with Gasteiger partial charge in [-0.05, 0) is 30.6 Å². The smallest absolute Gasteiger partial charge is 0.460 e. The van der Waals surface area contributed by atoms with Crippen LogP contribution >= 0.6 is 0 Å². The number of allylic oxidation sites excluding steroid dienone is 2. The predicted octanol–water partition coefficient (Wildman–Crippen LogP) is 2.58. The van der Waals surface area contributed by atoms with Gasteiger partial charge in [0.25, 0.3) is 0 Å². The molecule has 1 aliphatic carbocycles. The molecule has 0 aromatic carbocycles. The number of carbonyl (C=O) groups excluding carboxylic acids is 1. The Morgan fingerprint density at radius 3 is 1.84 bits per heavy atom. The molecule has 0 unspecified atom stereocenters. The van der Waals surface area contributed by atoms with Crippen molar-refractivity contribution in [3.8, 4) is 0 Å². The van der Waals surface area contributed by atoms with Crippen LogP contribution in [0.25, 0.3) is 0 Å². The molecule has 0 aliphatic heterocycles. The third-order valence-corrected chi connectivity index (χ3v) is 2.73. The van der Waals surface area contributed by atoms with Crippen LogP contribution in [0.5, 0.6) is 0 Å². The molecule has 110 valence electrons. The lowest BCUT2D eigenvalue weighted by molar-refractivity contribution is -0.406. The van der Waals surface area contributed by atoms with Crippen molar-refractivity contribution in [1.82, 2.24) is 0 Å². The van der Waals surface area contributed by atoms with Gasteiger partial charge in [0, 0.05) is 6.42 Å². The molecule has 0 spiro atoms. The molecule has 1 aliphatic rings. The highest BCUT2D eigenvalue weighted by molar-refractivity contribution is 5.96. The van der Waals surface area contributed by atoms with Crippen LogP contribution in [0.3, 0.4) is 0 Å². The second kappa shape index (κ2) is 4.68. The van der Waals surface area contributed by atoms with E-state index in [1.807, 2.05) is 0 Å². The van der Waals surface area contributed by atoms with E-state index >= 15 is 0 Å². The molecule has 0 radical (unpaired) electrons. The van der Waals surface area contributed by atoms with Crippen LogP contribution in [0.2, 0.25) is 0 Å². The quantitative estimate of drug-likeness (QED) is 0.446. The molecule has 1 rings (SSSR count). The van der Waals surface area contributed by atoms with Crippen molar-refractivity contribution in [2.75, 3.05) is 0 Å². The number of hydrogen-bond acceptors (Lipinski definition) is 2. The van der Waals surface area contributed by atoms with E-state index in [4.69, 9.17) is 0 Å².